The molecule has 4 nitrogen and oxygen atoms in total. The van der Waals surface area contributed by atoms with Crippen molar-refractivity contribution >= 4 is 11.9 Å². The second kappa shape index (κ2) is 5.17. The first-order chi connectivity index (χ1) is 9.67. The van der Waals surface area contributed by atoms with Crippen LogP contribution in [-0.4, -0.2) is 28.9 Å². The third-order valence-corrected chi connectivity index (χ3v) is 4.85. The normalized spacial score (nSPS) is 24.2. The summed E-state index contributed by atoms with van der Waals surface area (Å²) in [6, 6.07) is 7.99. The van der Waals surface area contributed by atoms with Gasteiger partial charge in [0.1, 0.15) is 0 Å². The molecule has 1 amide bonds. The SMILES string of the molecule is Cc1ccc(C(C)N(C)C(=O)C2C(C(=O)O)C2(C)C)cc1. The summed E-state index contributed by atoms with van der Waals surface area (Å²) in [6.45, 7) is 7.68. The molecule has 3 unspecified atom stereocenters. The van der Waals surface area contributed by atoms with Gasteiger partial charge >= 0.3 is 5.97 Å². The lowest BCUT2D eigenvalue weighted by Gasteiger charge is -2.26. The molecule has 1 aromatic rings. The molecule has 0 heterocycles. The number of carbonyl (C=O) groups is 2. The Balaban J connectivity index is 2.13. The van der Waals surface area contributed by atoms with Crippen LogP contribution in [0.5, 0.6) is 0 Å². The highest BCUT2D eigenvalue weighted by atomic mass is 16.4. The zero-order valence-corrected chi connectivity index (χ0v) is 13.3. The Morgan fingerprint density at radius 3 is 2.14 bits per heavy atom. The predicted octanol–water partition coefficient (Wildman–Crippen LogP) is 2.87. The highest BCUT2D eigenvalue weighted by Gasteiger charge is 2.66. The number of amides is 1. The molecule has 0 bridgehead atoms. The fourth-order valence-corrected chi connectivity index (χ4v) is 3.04. The van der Waals surface area contributed by atoms with E-state index in [-0.39, 0.29) is 11.9 Å². The van der Waals surface area contributed by atoms with Crippen molar-refractivity contribution < 1.29 is 14.7 Å². The van der Waals surface area contributed by atoms with Crippen molar-refractivity contribution in [1.29, 1.82) is 0 Å². The first-order valence-corrected chi connectivity index (χ1v) is 7.24. The van der Waals surface area contributed by atoms with E-state index in [1.807, 2.05) is 52.0 Å². The van der Waals surface area contributed by atoms with Crippen molar-refractivity contribution in [2.24, 2.45) is 17.3 Å². The summed E-state index contributed by atoms with van der Waals surface area (Å²) < 4.78 is 0. The fourth-order valence-electron chi connectivity index (χ4n) is 3.04. The summed E-state index contributed by atoms with van der Waals surface area (Å²) in [5, 5.41) is 9.21. The molecule has 2 rings (SSSR count). The number of carboxylic acids is 1. The third kappa shape index (κ3) is 2.67. The minimum atomic E-state index is -0.880. The van der Waals surface area contributed by atoms with Crippen LogP contribution in [-0.2, 0) is 9.59 Å². The molecule has 0 radical (unpaired) electrons. The van der Waals surface area contributed by atoms with E-state index in [1.54, 1.807) is 11.9 Å². The van der Waals surface area contributed by atoms with Gasteiger partial charge in [0, 0.05) is 7.05 Å². The third-order valence-electron chi connectivity index (χ3n) is 4.85. The molecule has 1 N–H and O–H groups in total. The molecule has 0 aromatic heterocycles. The van der Waals surface area contributed by atoms with Crippen LogP contribution in [0.15, 0.2) is 24.3 Å². The lowest BCUT2D eigenvalue weighted by atomic mass is 10.0. The predicted molar refractivity (Wildman–Crippen MR) is 80.8 cm³/mol. The summed E-state index contributed by atoms with van der Waals surface area (Å²) in [5.74, 6) is -1.96. The van der Waals surface area contributed by atoms with Gasteiger partial charge in [-0.1, -0.05) is 43.7 Å². The average Bonchev–Trinajstić information content (AvgIpc) is 3.00. The van der Waals surface area contributed by atoms with Crippen molar-refractivity contribution in [3.05, 3.63) is 35.4 Å². The van der Waals surface area contributed by atoms with E-state index in [1.165, 1.54) is 5.56 Å². The first-order valence-electron chi connectivity index (χ1n) is 7.24. The van der Waals surface area contributed by atoms with Gasteiger partial charge in [-0.15, -0.1) is 0 Å². The minimum Gasteiger partial charge on any atom is -0.481 e. The molecule has 0 aliphatic heterocycles. The standard InChI is InChI=1S/C17H23NO3/c1-10-6-8-12(9-7-10)11(2)18(5)15(19)13-14(16(20)21)17(13,3)4/h6-9,11,13-14H,1-5H3,(H,20,21). The maximum atomic E-state index is 12.6. The number of carboxylic acid groups (broad SMARTS) is 1. The van der Waals surface area contributed by atoms with E-state index < -0.39 is 23.2 Å². The molecule has 0 spiro atoms. The molecule has 3 atom stereocenters. The van der Waals surface area contributed by atoms with Crippen molar-refractivity contribution in [3.8, 4) is 0 Å². The van der Waals surface area contributed by atoms with Crippen LogP contribution in [0.4, 0.5) is 0 Å². The van der Waals surface area contributed by atoms with Crippen molar-refractivity contribution in [1.82, 2.24) is 4.90 Å². The van der Waals surface area contributed by atoms with Gasteiger partial charge in [-0.25, -0.2) is 0 Å². The Hall–Kier alpha value is -1.84. The Morgan fingerprint density at radius 1 is 1.19 bits per heavy atom. The summed E-state index contributed by atoms with van der Waals surface area (Å²) in [5.41, 5.74) is 1.78. The van der Waals surface area contributed by atoms with Gasteiger partial charge in [0.05, 0.1) is 17.9 Å². The molecular formula is C17H23NO3. The Labute approximate surface area is 125 Å². The smallest absolute Gasteiger partial charge is 0.307 e. The van der Waals surface area contributed by atoms with E-state index in [4.69, 9.17) is 0 Å². The number of hydrogen-bond acceptors (Lipinski definition) is 2. The van der Waals surface area contributed by atoms with Crippen LogP contribution < -0.4 is 0 Å². The van der Waals surface area contributed by atoms with Gasteiger partial charge < -0.3 is 10.0 Å². The van der Waals surface area contributed by atoms with Crippen LogP contribution >= 0.6 is 0 Å². The zero-order chi connectivity index (χ0) is 15.9. The van der Waals surface area contributed by atoms with Crippen LogP contribution in [0.3, 0.4) is 0 Å². The molecule has 4 heteroatoms. The van der Waals surface area contributed by atoms with Crippen LogP contribution in [0.25, 0.3) is 0 Å². The quantitative estimate of drug-likeness (QED) is 0.927. The number of rotatable bonds is 4. The van der Waals surface area contributed by atoms with Crippen molar-refractivity contribution in [2.45, 2.75) is 33.7 Å². The topological polar surface area (TPSA) is 57.6 Å². The van der Waals surface area contributed by atoms with E-state index in [0.717, 1.165) is 5.56 Å². The Morgan fingerprint density at radius 2 is 1.71 bits per heavy atom. The molecule has 1 aliphatic carbocycles. The van der Waals surface area contributed by atoms with E-state index in [0.29, 0.717) is 0 Å². The molecule has 21 heavy (non-hydrogen) atoms. The van der Waals surface area contributed by atoms with Crippen LogP contribution in [0.1, 0.15) is 37.9 Å². The molecule has 0 saturated heterocycles. The molecule has 1 saturated carbocycles. The van der Waals surface area contributed by atoms with Gasteiger partial charge in [0.15, 0.2) is 0 Å². The maximum absolute atomic E-state index is 12.6. The highest BCUT2D eigenvalue weighted by Crippen LogP contribution is 2.59. The van der Waals surface area contributed by atoms with Crippen LogP contribution in [0, 0.1) is 24.2 Å². The lowest BCUT2D eigenvalue weighted by molar-refractivity contribution is -0.142. The zero-order valence-electron chi connectivity index (χ0n) is 13.3. The molecular weight excluding hydrogens is 266 g/mol. The number of carbonyl (C=O) groups excluding carboxylic acids is 1. The monoisotopic (exact) mass is 289 g/mol. The number of aryl methyl sites for hydroxylation is 1. The molecule has 1 aromatic carbocycles. The largest absolute Gasteiger partial charge is 0.481 e. The Bertz CT molecular complexity index is 562. The maximum Gasteiger partial charge on any atom is 0.307 e. The molecule has 1 fully saturated rings. The van der Waals surface area contributed by atoms with Gasteiger partial charge in [-0.05, 0) is 24.8 Å². The minimum absolute atomic E-state index is 0.0658. The summed E-state index contributed by atoms with van der Waals surface area (Å²) in [7, 11) is 1.75. The average molecular weight is 289 g/mol. The summed E-state index contributed by atoms with van der Waals surface area (Å²) >= 11 is 0. The van der Waals surface area contributed by atoms with Crippen molar-refractivity contribution in [2.75, 3.05) is 7.05 Å². The van der Waals surface area contributed by atoms with E-state index in [2.05, 4.69) is 0 Å². The van der Waals surface area contributed by atoms with Gasteiger partial charge in [0.25, 0.3) is 0 Å². The first kappa shape index (κ1) is 15.5. The second-order valence-corrected chi connectivity index (χ2v) is 6.65. The van der Waals surface area contributed by atoms with Crippen molar-refractivity contribution in [3.63, 3.8) is 0 Å². The number of aliphatic carboxylic acids is 1. The van der Waals surface area contributed by atoms with Crippen LogP contribution in [0.2, 0.25) is 0 Å². The number of hydrogen-bond donors (Lipinski definition) is 1. The Kier molecular flexibility index (Phi) is 3.83. The highest BCUT2D eigenvalue weighted by molar-refractivity contribution is 5.91. The van der Waals surface area contributed by atoms with Gasteiger partial charge in [0.2, 0.25) is 5.91 Å². The molecule has 114 valence electrons. The van der Waals surface area contributed by atoms with Gasteiger partial charge in [-0.3, -0.25) is 9.59 Å². The summed E-state index contributed by atoms with van der Waals surface area (Å²) in [4.78, 5) is 25.5. The summed E-state index contributed by atoms with van der Waals surface area (Å²) in [6.07, 6.45) is 0. The fraction of sp³-hybridized carbons (Fsp3) is 0.529. The van der Waals surface area contributed by atoms with Gasteiger partial charge in [-0.2, -0.15) is 0 Å². The second-order valence-electron chi connectivity index (χ2n) is 6.65. The molecule has 1 aliphatic rings. The number of nitrogens with zero attached hydrogens (tertiary/aromatic N) is 1. The lowest BCUT2D eigenvalue weighted by Crippen LogP contribution is -2.32. The number of benzene rings is 1. The van der Waals surface area contributed by atoms with E-state index in [9.17, 15) is 14.7 Å². The van der Waals surface area contributed by atoms with E-state index >= 15 is 0 Å².